The van der Waals surface area contributed by atoms with Crippen molar-refractivity contribution in [3.63, 3.8) is 0 Å². The highest BCUT2D eigenvalue weighted by atomic mass is 19.4. The number of benzene rings is 1. The largest absolute Gasteiger partial charge is 0.416 e. The minimum Gasteiger partial charge on any atom is -0.319 e. The number of nitrogens with one attached hydrogen (secondary N) is 1. The molecule has 154 valence electrons. The van der Waals surface area contributed by atoms with Crippen molar-refractivity contribution in [2.24, 2.45) is 5.73 Å². The normalized spacial score (nSPS) is 16.3. The van der Waals surface area contributed by atoms with E-state index in [1.807, 2.05) is 0 Å². The van der Waals surface area contributed by atoms with Crippen LogP contribution in [-0.4, -0.2) is 33.1 Å². The van der Waals surface area contributed by atoms with E-state index in [9.17, 15) is 22.8 Å². The van der Waals surface area contributed by atoms with E-state index < -0.39 is 29.7 Å². The molecule has 0 radical (unpaired) electrons. The molecule has 1 aliphatic rings. The van der Waals surface area contributed by atoms with Crippen molar-refractivity contribution in [2.45, 2.75) is 12.3 Å². The minimum absolute atomic E-state index is 0.0105. The molecule has 1 aromatic carbocycles. The number of carbonyl (C=O) groups is 2. The van der Waals surface area contributed by atoms with Crippen molar-refractivity contribution in [3.8, 4) is 0 Å². The summed E-state index contributed by atoms with van der Waals surface area (Å²) in [6.45, 7) is 0.0105. The van der Waals surface area contributed by atoms with Crippen molar-refractivity contribution in [3.05, 3.63) is 71.8 Å². The Labute approximate surface area is 168 Å². The number of anilines is 2. The quantitative estimate of drug-likeness (QED) is 0.683. The molecule has 8 nitrogen and oxygen atoms in total. The van der Waals surface area contributed by atoms with Gasteiger partial charge >= 0.3 is 6.18 Å². The van der Waals surface area contributed by atoms with Gasteiger partial charge in [-0.15, -0.1) is 0 Å². The summed E-state index contributed by atoms with van der Waals surface area (Å²) < 4.78 is 39.7. The van der Waals surface area contributed by atoms with Crippen LogP contribution in [0.15, 0.2) is 55.0 Å². The molecule has 1 aliphatic heterocycles. The highest BCUT2D eigenvalue weighted by Gasteiger charge is 2.35. The lowest BCUT2D eigenvalue weighted by molar-refractivity contribution is -0.137. The van der Waals surface area contributed by atoms with Crippen molar-refractivity contribution in [2.75, 3.05) is 16.8 Å². The molecule has 11 heteroatoms. The smallest absolute Gasteiger partial charge is 0.319 e. The SMILES string of the molecule is NC1CN(c2ccc(C(F)(F)F)cc2)C(=O)c2c(NC(=O)c3ccncc3)cnn21. The van der Waals surface area contributed by atoms with Crippen molar-refractivity contribution >= 4 is 23.2 Å². The van der Waals surface area contributed by atoms with Crippen molar-refractivity contribution in [1.82, 2.24) is 14.8 Å². The number of hydrogen-bond acceptors (Lipinski definition) is 5. The Hall–Kier alpha value is -3.73. The standard InChI is InChI=1S/C19H15F3N6O2/c20-19(21,22)12-1-3-13(4-2-12)27-10-15(23)28-16(18(27)30)14(9-25-28)26-17(29)11-5-7-24-8-6-11/h1-9,15H,10,23H2,(H,26,29). The molecule has 0 bridgehead atoms. The van der Waals surface area contributed by atoms with E-state index in [2.05, 4.69) is 15.4 Å². The molecular weight excluding hydrogens is 401 g/mol. The zero-order valence-electron chi connectivity index (χ0n) is 15.3. The molecule has 3 N–H and O–H groups in total. The highest BCUT2D eigenvalue weighted by Crippen LogP contribution is 2.33. The van der Waals surface area contributed by atoms with E-state index >= 15 is 0 Å². The number of nitrogens with zero attached hydrogens (tertiary/aromatic N) is 4. The zero-order chi connectivity index (χ0) is 21.5. The predicted molar refractivity (Wildman–Crippen MR) is 101 cm³/mol. The maximum absolute atomic E-state index is 13.1. The summed E-state index contributed by atoms with van der Waals surface area (Å²) in [5.74, 6) is -1.01. The molecule has 0 saturated carbocycles. The monoisotopic (exact) mass is 416 g/mol. The minimum atomic E-state index is -4.48. The third kappa shape index (κ3) is 3.50. The number of rotatable bonds is 3. The Morgan fingerprint density at radius 3 is 2.43 bits per heavy atom. The molecule has 1 atom stereocenters. The summed E-state index contributed by atoms with van der Waals surface area (Å²) in [7, 11) is 0. The molecule has 1 unspecified atom stereocenters. The van der Waals surface area contributed by atoms with Crippen LogP contribution >= 0.6 is 0 Å². The number of halogens is 3. The average Bonchev–Trinajstić information content (AvgIpc) is 3.15. The molecule has 2 amide bonds. The number of carbonyl (C=O) groups excluding carboxylic acids is 2. The molecule has 30 heavy (non-hydrogen) atoms. The second kappa shape index (κ2) is 7.26. The Bertz CT molecular complexity index is 1100. The van der Waals surface area contributed by atoms with Crippen LogP contribution in [0, 0.1) is 0 Å². The van der Waals surface area contributed by atoms with Gasteiger partial charge in [-0.3, -0.25) is 14.6 Å². The van der Waals surface area contributed by atoms with Crippen LogP contribution in [0.3, 0.4) is 0 Å². The van der Waals surface area contributed by atoms with Gasteiger partial charge < -0.3 is 16.0 Å². The third-order valence-electron chi connectivity index (χ3n) is 4.62. The fraction of sp³-hybridized carbons (Fsp3) is 0.158. The topological polar surface area (TPSA) is 106 Å². The van der Waals surface area contributed by atoms with Gasteiger partial charge in [0, 0.05) is 23.6 Å². The molecule has 0 fully saturated rings. The van der Waals surface area contributed by atoms with E-state index in [1.165, 1.54) is 52.4 Å². The number of pyridine rings is 1. The molecule has 0 saturated heterocycles. The van der Waals surface area contributed by atoms with Gasteiger partial charge in [0.1, 0.15) is 6.17 Å². The molecule has 4 rings (SSSR count). The van der Waals surface area contributed by atoms with E-state index in [0.29, 0.717) is 5.56 Å². The van der Waals surface area contributed by atoms with Gasteiger partial charge in [-0.25, -0.2) is 4.68 Å². The molecule has 2 aromatic heterocycles. The highest BCUT2D eigenvalue weighted by molar-refractivity contribution is 6.13. The summed E-state index contributed by atoms with van der Waals surface area (Å²) in [4.78, 5) is 30.6. The summed E-state index contributed by atoms with van der Waals surface area (Å²) >= 11 is 0. The number of nitrogens with two attached hydrogens (primary N) is 1. The van der Waals surface area contributed by atoms with Crippen LogP contribution < -0.4 is 16.0 Å². The number of amides is 2. The lowest BCUT2D eigenvalue weighted by Crippen LogP contribution is -2.46. The van der Waals surface area contributed by atoms with Crippen molar-refractivity contribution < 1.29 is 22.8 Å². The summed E-state index contributed by atoms with van der Waals surface area (Å²) in [5.41, 5.74) is 6.04. The van der Waals surface area contributed by atoms with Gasteiger partial charge in [-0.1, -0.05) is 0 Å². The van der Waals surface area contributed by atoms with Gasteiger partial charge in [0.15, 0.2) is 5.69 Å². The van der Waals surface area contributed by atoms with E-state index in [-0.39, 0.29) is 23.6 Å². The first kappa shape index (κ1) is 19.6. The maximum Gasteiger partial charge on any atom is 0.416 e. The molecule has 3 aromatic rings. The van der Waals surface area contributed by atoms with E-state index in [0.717, 1.165) is 12.1 Å². The summed E-state index contributed by atoms with van der Waals surface area (Å²) in [6, 6.07) is 7.21. The fourth-order valence-electron chi connectivity index (χ4n) is 3.14. The van der Waals surface area contributed by atoms with Crippen LogP contribution in [0.2, 0.25) is 0 Å². The number of alkyl halides is 3. The van der Waals surface area contributed by atoms with E-state index in [4.69, 9.17) is 5.73 Å². The first-order valence-electron chi connectivity index (χ1n) is 8.79. The summed E-state index contributed by atoms with van der Waals surface area (Å²) in [5, 5.41) is 6.69. The Morgan fingerprint density at radius 2 is 1.80 bits per heavy atom. The van der Waals surface area contributed by atoms with Gasteiger partial charge in [0.05, 0.1) is 24.0 Å². The number of aromatic nitrogens is 3. The van der Waals surface area contributed by atoms with E-state index in [1.54, 1.807) is 0 Å². The van der Waals surface area contributed by atoms with Gasteiger partial charge in [-0.2, -0.15) is 18.3 Å². The molecule has 3 heterocycles. The molecule has 0 aliphatic carbocycles. The average molecular weight is 416 g/mol. The Morgan fingerprint density at radius 1 is 1.13 bits per heavy atom. The second-order valence-corrected chi connectivity index (χ2v) is 6.57. The number of hydrogen-bond donors (Lipinski definition) is 2. The van der Waals surface area contributed by atoms with Crippen molar-refractivity contribution in [1.29, 1.82) is 0 Å². The maximum atomic E-state index is 13.1. The van der Waals surface area contributed by atoms with Crippen LogP contribution in [0.1, 0.15) is 32.6 Å². The molecule has 0 spiro atoms. The lowest BCUT2D eigenvalue weighted by atomic mass is 10.1. The zero-order valence-corrected chi connectivity index (χ0v) is 15.3. The first-order chi connectivity index (χ1) is 14.3. The summed E-state index contributed by atoms with van der Waals surface area (Å²) in [6.07, 6.45) is -1.01. The molecular formula is C19H15F3N6O2. The van der Waals surface area contributed by atoms with Gasteiger partial charge in [-0.05, 0) is 36.4 Å². The third-order valence-corrected chi connectivity index (χ3v) is 4.62. The van der Waals surface area contributed by atoms with Crippen LogP contribution in [0.25, 0.3) is 0 Å². The van der Waals surface area contributed by atoms with Gasteiger partial charge in [0.25, 0.3) is 11.8 Å². The Kier molecular flexibility index (Phi) is 4.74. The van der Waals surface area contributed by atoms with Gasteiger partial charge in [0.2, 0.25) is 0 Å². The van der Waals surface area contributed by atoms with Crippen LogP contribution in [-0.2, 0) is 6.18 Å². The predicted octanol–water partition coefficient (Wildman–Crippen LogP) is 2.67. The number of fused-ring (bicyclic) bond motifs is 1. The second-order valence-electron chi connectivity index (χ2n) is 6.57. The van der Waals surface area contributed by atoms with Crippen LogP contribution in [0.5, 0.6) is 0 Å². The first-order valence-corrected chi connectivity index (χ1v) is 8.79. The lowest BCUT2D eigenvalue weighted by Gasteiger charge is -2.32. The fourth-order valence-corrected chi connectivity index (χ4v) is 3.14. The Balaban J connectivity index is 1.63. The van der Waals surface area contributed by atoms with Crippen LogP contribution in [0.4, 0.5) is 24.5 Å².